The van der Waals surface area contributed by atoms with Crippen LogP contribution in [0.15, 0.2) is 54.6 Å². The molecular weight excluding hydrogens is 368 g/mol. The van der Waals surface area contributed by atoms with Crippen molar-refractivity contribution in [1.82, 2.24) is 5.32 Å². The summed E-state index contributed by atoms with van der Waals surface area (Å²) >= 11 is 0. The highest BCUT2D eigenvalue weighted by atomic mass is 16.5. The van der Waals surface area contributed by atoms with Gasteiger partial charge in [0.2, 0.25) is 5.91 Å². The van der Waals surface area contributed by atoms with Crippen LogP contribution in [0.4, 0.5) is 0 Å². The van der Waals surface area contributed by atoms with Gasteiger partial charge in [0, 0.05) is 6.54 Å². The fraction of sp³-hybridized carbons (Fsp3) is 0.348. The Bertz CT molecular complexity index is 905. The van der Waals surface area contributed by atoms with Crippen molar-refractivity contribution < 1.29 is 19.4 Å². The number of nitrogens with one attached hydrogen (secondary N) is 1. The van der Waals surface area contributed by atoms with Crippen molar-refractivity contribution in [1.29, 1.82) is 5.26 Å². The second-order valence-electron chi connectivity index (χ2n) is 7.40. The molecule has 0 radical (unpaired) electrons. The molecule has 6 nitrogen and oxygen atoms in total. The van der Waals surface area contributed by atoms with Crippen molar-refractivity contribution in [2.24, 2.45) is 17.3 Å². The molecule has 3 atom stereocenters. The number of carboxylic acid groups (broad SMARTS) is 1. The smallest absolute Gasteiger partial charge is 0.307 e. The predicted molar refractivity (Wildman–Crippen MR) is 107 cm³/mol. The Morgan fingerprint density at radius 1 is 1.17 bits per heavy atom. The number of amides is 1. The number of hydrogen-bond donors (Lipinski definition) is 2. The van der Waals surface area contributed by atoms with E-state index in [1.54, 1.807) is 0 Å². The van der Waals surface area contributed by atoms with Crippen molar-refractivity contribution in [3.8, 4) is 17.6 Å². The number of nitriles is 1. The normalized spacial score (nSPS) is 22.8. The average molecular weight is 392 g/mol. The van der Waals surface area contributed by atoms with Crippen LogP contribution in [0.25, 0.3) is 0 Å². The van der Waals surface area contributed by atoms with Gasteiger partial charge in [-0.25, -0.2) is 0 Å². The summed E-state index contributed by atoms with van der Waals surface area (Å²) in [6.07, 6.45) is 1.43. The molecule has 1 aliphatic carbocycles. The standard InChI is InChI=1S/C23H24N2O4/c1-2-12-23(13-19(21(26)27)20(23)14-24)22(28)25-15-16-8-10-18(11-9-16)29-17-6-4-3-5-7-17/h3-11,19-20H,2,12-13,15H2,1H3,(H,25,28)(H,26,27). The average Bonchev–Trinajstić information content (AvgIpc) is 2.71. The van der Waals surface area contributed by atoms with Crippen molar-refractivity contribution in [3.63, 3.8) is 0 Å². The van der Waals surface area contributed by atoms with E-state index in [2.05, 4.69) is 11.4 Å². The fourth-order valence-corrected chi connectivity index (χ4v) is 4.01. The lowest BCUT2D eigenvalue weighted by molar-refractivity contribution is -0.163. The first-order chi connectivity index (χ1) is 14.0. The summed E-state index contributed by atoms with van der Waals surface area (Å²) in [6.45, 7) is 2.24. The largest absolute Gasteiger partial charge is 0.481 e. The Morgan fingerprint density at radius 2 is 1.83 bits per heavy atom. The van der Waals surface area contributed by atoms with Gasteiger partial charge in [-0.3, -0.25) is 9.59 Å². The van der Waals surface area contributed by atoms with Crippen LogP contribution in [0.3, 0.4) is 0 Å². The minimum atomic E-state index is -1.01. The third kappa shape index (κ3) is 4.24. The lowest BCUT2D eigenvalue weighted by atomic mass is 9.52. The summed E-state index contributed by atoms with van der Waals surface area (Å²) in [7, 11) is 0. The van der Waals surface area contributed by atoms with Gasteiger partial charge in [0.25, 0.3) is 0 Å². The summed E-state index contributed by atoms with van der Waals surface area (Å²) in [5.41, 5.74) is -0.0175. The van der Waals surface area contributed by atoms with E-state index in [9.17, 15) is 20.0 Å². The molecule has 6 heteroatoms. The number of rotatable bonds is 8. The Labute approximate surface area is 170 Å². The molecule has 1 saturated carbocycles. The SMILES string of the molecule is CCCC1(C(=O)NCc2ccc(Oc3ccccc3)cc2)CC(C(=O)O)C1C#N. The summed E-state index contributed by atoms with van der Waals surface area (Å²) in [4.78, 5) is 24.2. The van der Waals surface area contributed by atoms with Gasteiger partial charge in [0.15, 0.2) is 0 Å². The van der Waals surface area contributed by atoms with Crippen molar-refractivity contribution in [2.45, 2.75) is 32.7 Å². The van der Waals surface area contributed by atoms with Crippen LogP contribution >= 0.6 is 0 Å². The molecule has 150 valence electrons. The number of benzene rings is 2. The molecule has 0 bridgehead atoms. The Kier molecular flexibility index (Phi) is 6.18. The van der Waals surface area contributed by atoms with E-state index in [-0.39, 0.29) is 12.3 Å². The molecule has 0 aliphatic heterocycles. The third-order valence-electron chi connectivity index (χ3n) is 5.54. The number of aliphatic carboxylic acids is 1. The Hall–Kier alpha value is -3.33. The van der Waals surface area contributed by atoms with Gasteiger partial charge in [-0.05, 0) is 42.7 Å². The van der Waals surface area contributed by atoms with Gasteiger partial charge in [-0.2, -0.15) is 5.26 Å². The first-order valence-electron chi connectivity index (χ1n) is 9.72. The van der Waals surface area contributed by atoms with Gasteiger partial charge < -0.3 is 15.2 Å². The Morgan fingerprint density at radius 3 is 2.41 bits per heavy atom. The molecule has 2 aromatic rings. The van der Waals surface area contributed by atoms with E-state index < -0.39 is 23.2 Å². The molecule has 0 aromatic heterocycles. The molecule has 0 spiro atoms. The number of carbonyl (C=O) groups excluding carboxylic acids is 1. The molecule has 1 aliphatic rings. The maximum absolute atomic E-state index is 12.9. The summed E-state index contributed by atoms with van der Waals surface area (Å²) < 4.78 is 5.76. The number of carboxylic acids is 1. The van der Waals surface area contributed by atoms with Crippen LogP contribution in [0.5, 0.6) is 11.5 Å². The van der Waals surface area contributed by atoms with Crippen LogP contribution in [-0.2, 0) is 16.1 Å². The number of carbonyl (C=O) groups is 2. The van der Waals surface area contributed by atoms with Crippen molar-refractivity contribution in [3.05, 3.63) is 60.2 Å². The number of hydrogen-bond acceptors (Lipinski definition) is 4. The van der Waals surface area contributed by atoms with Gasteiger partial charge >= 0.3 is 5.97 Å². The molecule has 3 rings (SSSR count). The summed E-state index contributed by atoms with van der Waals surface area (Å²) in [6, 6.07) is 18.9. The molecular formula is C23H24N2O4. The number of para-hydroxylation sites is 1. The first kappa shape index (κ1) is 20.4. The molecule has 29 heavy (non-hydrogen) atoms. The van der Waals surface area contributed by atoms with Crippen LogP contribution in [0, 0.1) is 28.6 Å². The second-order valence-corrected chi connectivity index (χ2v) is 7.40. The Balaban J connectivity index is 1.62. The molecule has 1 amide bonds. The van der Waals surface area contributed by atoms with Crippen LogP contribution in [-0.4, -0.2) is 17.0 Å². The molecule has 0 heterocycles. The molecule has 0 saturated heterocycles. The van der Waals surface area contributed by atoms with Crippen LogP contribution in [0.2, 0.25) is 0 Å². The fourth-order valence-electron chi connectivity index (χ4n) is 4.01. The highest BCUT2D eigenvalue weighted by Gasteiger charge is 2.60. The molecule has 2 N–H and O–H groups in total. The summed E-state index contributed by atoms with van der Waals surface area (Å²) in [5.74, 6) is -1.37. The van der Waals surface area contributed by atoms with E-state index in [1.165, 1.54) is 0 Å². The van der Waals surface area contributed by atoms with Gasteiger partial charge in [-0.15, -0.1) is 0 Å². The minimum absolute atomic E-state index is 0.212. The van der Waals surface area contributed by atoms with E-state index in [4.69, 9.17) is 4.74 Å². The number of nitrogens with zero attached hydrogens (tertiary/aromatic N) is 1. The first-order valence-corrected chi connectivity index (χ1v) is 9.72. The zero-order valence-electron chi connectivity index (χ0n) is 16.3. The van der Waals surface area contributed by atoms with E-state index in [0.29, 0.717) is 25.1 Å². The van der Waals surface area contributed by atoms with Gasteiger partial charge in [0.05, 0.1) is 23.3 Å². The lowest BCUT2D eigenvalue weighted by Gasteiger charge is -2.48. The van der Waals surface area contributed by atoms with E-state index >= 15 is 0 Å². The molecule has 3 unspecified atom stereocenters. The highest BCUT2D eigenvalue weighted by molar-refractivity contribution is 5.88. The van der Waals surface area contributed by atoms with Crippen LogP contribution in [0.1, 0.15) is 31.7 Å². The molecule has 1 fully saturated rings. The molecule has 2 aromatic carbocycles. The van der Waals surface area contributed by atoms with Gasteiger partial charge in [-0.1, -0.05) is 43.7 Å². The quantitative estimate of drug-likeness (QED) is 0.704. The lowest BCUT2D eigenvalue weighted by Crippen LogP contribution is -2.58. The topological polar surface area (TPSA) is 99.4 Å². The maximum Gasteiger partial charge on any atom is 0.307 e. The third-order valence-corrected chi connectivity index (χ3v) is 5.54. The predicted octanol–water partition coefficient (Wildman–Crippen LogP) is 4.13. The summed E-state index contributed by atoms with van der Waals surface area (Å²) in [5, 5.41) is 21.6. The van der Waals surface area contributed by atoms with Crippen LogP contribution < -0.4 is 10.1 Å². The second kappa shape index (κ2) is 8.78. The zero-order valence-corrected chi connectivity index (χ0v) is 16.3. The zero-order chi connectivity index (χ0) is 20.9. The van der Waals surface area contributed by atoms with Gasteiger partial charge in [0.1, 0.15) is 11.5 Å². The maximum atomic E-state index is 12.9. The minimum Gasteiger partial charge on any atom is -0.481 e. The highest BCUT2D eigenvalue weighted by Crippen LogP contribution is 2.54. The van der Waals surface area contributed by atoms with Crippen molar-refractivity contribution >= 4 is 11.9 Å². The van der Waals surface area contributed by atoms with E-state index in [0.717, 1.165) is 11.3 Å². The van der Waals surface area contributed by atoms with Crippen molar-refractivity contribution in [2.75, 3.05) is 0 Å². The monoisotopic (exact) mass is 392 g/mol. The number of ether oxygens (including phenoxy) is 1. The van der Waals surface area contributed by atoms with E-state index in [1.807, 2.05) is 61.5 Å².